The van der Waals surface area contributed by atoms with Gasteiger partial charge in [0.2, 0.25) is 0 Å². The molecule has 0 saturated heterocycles. The number of carbonyl (C=O) groups excluding carboxylic acids is 1. The summed E-state index contributed by atoms with van der Waals surface area (Å²) in [6, 6.07) is 3.97. The van der Waals surface area contributed by atoms with Crippen molar-refractivity contribution in [2.45, 2.75) is 44.6 Å². The number of ether oxygens (including phenoxy) is 1. The summed E-state index contributed by atoms with van der Waals surface area (Å²) in [5.74, 6) is -0.0295. The lowest BCUT2D eigenvalue weighted by Gasteiger charge is -2.27. The second-order valence-electron chi connectivity index (χ2n) is 5.97. The Kier molecular flexibility index (Phi) is 7.12. The summed E-state index contributed by atoms with van der Waals surface area (Å²) in [5.41, 5.74) is 0. The minimum absolute atomic E-state index is 0.0334. The van der Waals surface area contributed by atoms with E-state index in [1.165, 1.54) is 24.6 Å². The maximum Gasteiger partial charge on any atom is 0.257 e. The highest BCUT2D eigenvalue weighted by molar-refractivity contribution is 6.30. The van der Waals surface area contributed by atoms with Gasteiger partial charge in [-0.25, -0.2) is 4.39 Å². The van der Waals surface area contributed by atoms with Crippen molar-refractivity contribution >= 4 is 17.5 Å². The Labute approximate surface area is 141 Å². The number of hydrogen-bond donors (Lipinski definition) is 2. The predicted molar refractivity (Wildman–Crippen MR) is 87.1 cm³/mol. The minimum Gasteiger partial charge on any atom is -0.484 e. The van der Waals surface area contributed by atoms with E-state index in [1.54, 1.807) is 0 Å². The van der Waals surface area contributed by atoms with Crippen LogP contribution in [0.4, 0.5) is 4.39 Å². The molecule has 0 aromatic heterocycles. The van der Waals surface area contributed by atoms with Crippen LogP contribution < -0.4 is 10.1 Å². The normalized spacial score (nSPS) is 21.0. The van der Waals surface area contributed by atoms with E-state index in [-0.39, 0.29) is 23.6 Å². The molecule has 1 aromatic rings. The molecule has 0 spiro atoms. The highest BCUT2D eigenvalue weighted by Crippen LogP contribution is 2.27. The molecule has 2 rings (SSSR count). The monoisotopic (exact) mass is 343 g/mol. The number of hydrogen-bond acceptors (Lipinski definition) is 3. The molecule has 0 radical (unpaired) electrons. The number of aliphatic hydroxyl groups is 1. The summed E-state index contributed by atoms with van der Waals surface area (Å²) in [6.07, 6.45) is 5.84. The van der Waals surface area contributed by atoms with Gasteiger partial charge in [-0.2, -0.15) is 0 Å². The van der Waals surface area contributed by atoms with Crippen LogP contribution in [0, 0.1) is 11.7 Å². The van der Waals surface area contributed by atoms with Crippen molar-refractivity contribution in [2.24, 2.45) is 5.92 Å². The molecule has 0 aliphatic heterocycles. The zero-order chi connectivity index (χ0) is 16.7. The topological polar surface area (TPSA) is 58.6 Å². The number of benzene rings is 1. The van der Waals surface area contributed by atoms with Crippen LogP contribution in [0.1, 0.15) is 38.5 Å². The van der Waals surface area contributed by atoms with E-state index in [0.29, 0.717) is 18.2 Å². The molecule has 1 saturated carbocycles. The Morgan fingerprint density at radius 2 is 2.17 bits per heavy atom. The van der Waals surface area contributed by atoms with Gasteiger partial charge < -0.3 is 15.2 Å². The highest BCUT2D eigenvalue weighted by atomic mass is 35.5. The predicted octanol–water partition coefficient (Wildman–Crippen LogP) is 3.31. The first-order valence-corrected chi connectivity index (χ1v) is 8.46. The van der Waals surface area contributed by atoms with Crippen molar-refractivity contribution in [3.05, 3.63) is 29.0 Å². The van der Waals surface area contributed by atoms with Crippen molar-refractivity contribution in [3.8, 4) is 5.75 Å². The molecule has 0 bridgehead atoms. The maximum absolute atomic E-state index is 13.0. The number of halogens is 2. The summed E-state index contributed by atoms with van der Waals surface area (Å²) in [7, 11) is 0. The molecule has 1 aliphatic rings. The molecule has 23 heavy (non-hydrogen) atoms. The third kappa shape index (κ3) is 5.99. The zero-order valence-electron chi connectivity index (χ0n) is 13.1. The fourth-order valence-corrected chi connectivity index (χ4v) is 3.05. The van der Waals surface area contributed by atoms with Gasteiger partial charge in [0.1, 0.15) is 11.6 Å². The number of amides is 1. The molecule has 0 unspecified atom stereocenters. The maximum atomic E-state index is 13.0. The van der Waals surface area contributed by atoms with Gasteiger partial charge in [0.15, 0.2) is 6.61 Å². The van der Waals surface area contributed by atoms with Crippen LogP contribution in [-0.4, -0.2) is 30.3 Å². The number of rotatable bonds is 7. The second kappa shape index (κ2) is 9.08. The average Bonchev–Trinajstić information content (AvgIpc) is 2.54. The molecular weight excluding hydrogens is 321 g/mol. The van der Waals surface area contributed by atoms with Gasteiger partial charge in [-0.1, -0.05) is 24.4 Å². The molecule has 2 atom stereocenters. The molecule has 6 heteroatoms. The van der Waals surface area contributed by atoms with E-state index < -0.39 is 5.82 Å². The molecular formula is C17H23ClFNO3. The third-order valence-corrected chi connectivity index (χ3v) is 4.49. The van der Waals surface area contributed by atoms with Crippen molar-refractivity contribution in [3.63, 3.8) is 0 Å². The highest BCUT2D eigenvalue weighted by Gasteiger charge is 2.22. The third-order valence-electron chi connectivity index (χ3n) is 4.20. The molecule has 4 nitrogen and oxygen atoms in total. The molecule has 1 aromatic carbocycles. The van der Waals surface area contributed by atoms with E-state index in [0.717, 1.165) is 32.1 Å². The van der Waals surface area contributed by atoms with Crippen LogP contribution in [0.5, 0.6) is 5.75 Å². The Morgan fingerprint density at radius 3 is 2.91 bits per heavy atom. The molecule has 1 aliphatic carbocycles. The Hall–Kier alpha value is -1.33. The smallest absolute Gasteiger partial charge is 0.257 e. The SMILES string of the molecule is O=C(COc1ccc(F)c(Cl)c1)NCCC[C@@H]1CCCC[C@H]1O. The number of nitrogens with one attached hydrogen (secondary N) is 1. The molecule has 2 N–H and O–H groups in total. The van der Waals surface area contributed by atoms with Crippen LogP contribution >= 0.6 is 11.6 Å². The van der Waals surface area contributed by atoms with Gasteiger partial charge in [-0.15, -0.1) is 0 Å². The fraction of sp³-hybridized carbons (Fsp3) is 0.588. The molecule has 1 amide bonds. The van der Waals surface area contributed by atoms with E-state index in [1.807, 2.05) is 0 Å². The summed E-state index contributed by atoms with van der Waals surface area (Å²) >= 11 is 5.64. The quantitative estimate of drug-likeness (QED) is 0.747. The fourth-order valence-electron chi connectivity index (χ4n) is 2.88. The van der Waals surface area contributed by atoms with Crippen molar-refractivity contribution in [2.75, 3.05) is 13.2 Å². The van der Waals surface area contributed by atoms with Gasteiger partial charge in [0.25, 0.3) is 5.91 Å². The van der Waals surface area contributed by atoms with Crippen LogP contribution in [0.3, 0.4) is 0 Å². The summed E-state index contributed by atoms with van der Waals surface area (Å²) < 4.78 is 18.3. The largest absolute Gasteiger partial charge is 0.484 e. The summed E-state index contributed by atoms with van der Waals surface area (Å²) in [4.78, 5) is 11.7. The Morgan fingerprint density at radius 1 is 1.39 bits per heavy atom. The first kappa shape index (κ1) is 18.0. The second-order valence-corrected chi connectivity index (χ2v) is 6.38. The molecule has 1 fully saturated rings. The minimum atomic E-state index is -0.520. The van der Waals surface area contributed by atoms with Crippen molar-refractivity contribution < 1.29 is 19.0 Å². The van der Waals surface area contributed by atoms with E-state index in [9.17, 15) is 14.3 Å². The number of carbonyl (C=O) groups is 1. The van der Waals surface area contributed by atoms with Gasteiger partial charge in [-0.3, -0.25) is 4.79 Å². The van der Waals surface area contributed by atoms with E-state index >= 15 is 0 Å². The standard InChI is InChI=1S/C17H23ClFNO3/c18-14-10-13(7-8-15(14)19)23-11-17(22)20-9-3-5-12-4-1-2-6-16(12)21/h7-8,10,12,16,21H,1-6,9,11H2,(H,20,22)/t12-,16+/m0/s1. The van der Waals surface area contributed by atoms with Gasteiger partial charge >= 0.3 is 0 Å². The first-order chi connectivity index (χ1) is 11.1. The van der Waals surface area contributed by atoms with E-state index in [2.05, 4.69) is 5.32 Å². The van der Waals surface area contributed by atoms with Crippen LogP contribution in [0.15, 0.2) is 18.2 Å². The number of aliphatic hydroxyl groups excluding tert-OH is 1. The molecule has 0 heterocycles. The Bertz CT molecular complexity index is 527. The van der Waals surface area contributed by atoms with E-state index in [4.69, 9.17) is 16.3 Å². The van der Waals surface area contributed by atoms with Crippen molar-refractivity contribution in [1.29, 1.82) is 0 Å². The zero-order valence-corrected chi connectivity index (χ0v) is 13.8. The van der Waals surface area contributed by atoms with Gasteiger partial charge in [0.05, 0.1) is 11.1 Å². The first-order valence-electron chi connectivity index (χ1n) is 8.09. The van der Waals surface area contributed by atoms with Crippen LogP contribution in [0.25, 0.3) is 0 Å². The summed E-state index contributed by atoms with van der Waals surface area (Å²) in [5, 5.41) is 12.6. The lowest BCUT2D eigenvalue weighted by atomic mass is 9.83. The Balaban J connectivity index is 1.60. The lowest BCUT2D eigenvalue weighted by Crippen LogP contribution is -2.31. The van der Waals surface area contributed by atoms with Gasteiger partial charge in [-0.05, 0) is 43.7 Å². The van der Waals surface area contributed by atoms with Crippen LogP contribution in [0.2, 0.25) is 5.02 Å². The average molecular weight is 344 g/mol. The van der Waals surface area contributed by atoms with Crippen molar-refractivity contribution in [1.82, 2.24) is 5.32 Å². The molecule has 128 valence electrons. The van der Waals surface area contributed by atoms with Crippen LogP contribution in [-0.2, 0) is 4.79 Å². The van der Waals surface area contributed by atoms with Gasteiger partial charge in [0, 0.05) is 12.6 Å². The summed E-state index contributed by atoms with van der Waals surface area (Å²) in [6.45, 7) is 0.434. The lowest BCUT2D eigenvalue weighted by molar-refractivity contribution is -0.123.